The number of carbonyl (C=O) groups is 2. The second-order valence-corrected chi connectivity index (χ2v) is 5.25. The van der Waals surface area contributed by atoms with Crippen molar-refractivity contribution >= 4 is 23.2 Å². The lowest BCUT2D eigenvalue weighted by Gasteiger charge is -2.13. The highest BCUT2D eigenvalue weighted by molar-refractivity contribution is 5.95. The molecule has 0 aliphatic rings. The number of aryl methyl sites for hydroxylation is 1. The molecule has 0 aliphatic heterocycles. The molecular weight excluding hydrogens is 308 g/mol. The van der Waals surface area contributed by atoms with Gasteiger partial charge < -0.3 is 20.1 Å². The molecule has 126 valence electrons. The summed E-state index contributed by atoms with van der Waals surface area (Å²) in [6.45, 7) is 3.26. The molecule has 24 heavy (non-hydrogen) atoms. The normalized spacial score (nSPS) is 9.96. The van der Waals surface area contributed by atoms with E-state index in [4.69, 9.17) is 9.47 Å². The Labute approximate surface area is 140 Å². The molecule has 0 atom stereocenters. The van der Waals surface area contributed by atoms with E-state index in [1.165, 1.54) is 14.0 Å². The predicted molar refractivity (Wildman–Crippen MR) is 92.6 cm³/mol. The van der Waals surface area contributed by atoms with Crippen LogP contribution in [0.5, 0.6) is 11.5 Å². The first kappa shape index (κ1) is 17.3. The lowest BCUT2D eigenvalue weighted by atomic mass is 10.2. The van der Waals surface area contributed by atoms with Crippen molar-refractivity contribution in [2.24, 2.45) is 0 Å². The first-order chi connectivity index (χ1) is 11.5. The second kappa shape index (κ2) is 8.01. The van der Waals surface area contributed by atoms with E-state index in [0.29, 0.717) is 22.9 Å². The minimum absolute atomic E-state index is 0.128. The summed E-state index contributed by atoms with van der Waals surface area (Å²) in [6, 6.07) is 12.4. The third-order valence-electron chi connectivity index (χ3n) is 3.18. The van der Waals surface area contributed by atoms with E-state index in [2.05, 4.69) is 10.6 Å². The van der Waals surface area contributed by atoms with E-state index in [1.54, 1.807) is 30.3 Å². The number of hydrogen-bond acceptors (Lipinski definition) is 4. The van der Waals surface area contributed by atoms with E-state index >= 15 is 0 Å². The molecule has 2 aromatic carbocycles. The van der Waals surface area contributed by atoms with Gasteiger partial charge in [-0.3, -0.25) is 9.59 Å². The Morgan fingerprint density at radius 3 is 2.38 bits per heavy atom. The van der Waals surface area contributed by atoms with Gasteiger partial charge in [-0.25, -0.2) is 0 Å². The first-order valence-corrected chi connectivity index (χ1v) is 7.43. The number of carbonyl (C=O) groups excluding carboxylic acids is 2. The van der Waals surface area contributed by atoms with Crippen molar-refractivity contribution in [3.05, 3.63) is 48.0 Å². The van der Waals surface area contributed by atoms with Crippen LogP contribution in [0.1, 0.15) is 12.5 Å². The lowest BCUT2D eigenvalue weighted by Crippen LogP contribution is -2.20. The Kier molecular flexibility index (Phi) is 5.78. The van der Waals surface area contributed by atoms with E-state index in [-0.39, 0.29) is 18.4 Å². The monoisotopic (exact) mass is 328 g/mol. The van der Waals surface area contributed by atoms with Gasteiger partial charge in [-0.05, 0) is 37.3 Å². The average Bonchev–Trinajstić information content (AvgIpc) is 2.54. The molecule has 0 heterocycles. The first-order valence-electron chi connectivity index (χ1n) is 7.43. The molecular formula is C18H20N2O4. The quantitative estimate of drug-likeness (QED) is 0.855. The molecule has 0 saturated heterocycles. The van der Waals surface area contributed by atoms with Gasteiger partial charge in [0, 0.05) is 12.6 Å². The van der Waals surface area contributed by atoms with E-state index in [0.717, 1.165) is 5.56 Å². The molecule has 0 saturated carbocycles. The maximum atomic E-state index is 12.1. The number of hydrogen-bond donors (Lipinski definition) is 2. The summed E-state index contributed by atoms with van der Waals surface area (Å²) in [5.41, 5.74) is 2.14. The molecule has 0 aliphatic carbocycles. The van der Waals surface area contributed by atoms with Crippen molar-refractivity contribution in [1.82, 2.24) is 0 Å². The average molecular weight is 328 g/mol. The fourth-order valence-electron chi connectivity index (χ4n) is 2.06. The molecule has 2 rings (SSSR count). The van der Waals surface area contributed by atoms with Crippen molar-refractivity contribution < 1.29 is 19.1 Å². The molecule has 0 radical (unpaired) electrons. The van der Waals surface area contributed by atoms with E-state index in [1.807, 2.05) is 19.1 Å². The van der Waals surface area contributed by atoms with Crippen LogP contribution in [0.3, 0.4) is 0 Å². The van der Waals surface area contributed by atoms with Crippen LogP contribution in [0.2, 0.25) is 0 Å². The minimum atomic E-state index is -0.325. The molecule has 6 heteroatoms. The van der Waals surface area contributed by atoms with Crippen molar-refractivity contribution in [2.45, 2.75) is 13.8 Å². The summed E-state index contributed by atoms with van der Waals surface area (Å²) < 4.78 is 10.7. The number of methoxy groups -OCH3 is 1. The molecule has 2 amide bonds. The SMILES string of the molecule is COc1ccc(NC(C)=O)cc1NC(=O)COc1ccc(C)cc1. The zero-order valence-electron chi connectivity index (χ0n) is 13.9. The summed E-state index contributed by atoms with van der Waals surface area (Å²) in [7, 11) is 1.51. The van der Waals surface area contributed by atoms with Gasteiger partial charge in [-0.2, -0.15) is 0 Å². The van der Waals surface area contributed by atoms with Crippen LogP contribution in [0, 0.1) is 6.92 Å². The molecule has 2 N–H and O–H groups in total. The Bertz CT molecular complexity index is 726. The Morgan fingerprint density at radius 1 is 1.04 bits per heavy atom. The maximum absolute atomic E-state index is 12.1. The molecule has 0 aromatic heterocycles. The lowest BCUT2D eigenvalue weighted by molar-refractivity contribution is -0.118. The molecule has 0 spiro atoms. The van der Waals surface area contributed by atoms with E-state index in [9.17, 15) is 9.59 Å². The molecule has 2 aromatic rings. The number of amides is 2. The summed E-state index contributed by atoms with van der Waals surface area (Å²) in [6.07, 6.45) is 0. The van der Waals surface area contributed by atoms with Crippen molar-refractivity contribution in [1.29, 1.82) is 0 Å². The van der Waals surface area contributed by atoms with Gasteiger partial charge >= 0.3 is 0 Å². The minimum Gasteiger partial charge on any atom is -0.495 e. The highest BCUT2D eigenvalue weighted by Gasteiger charge is 2.10. The van der Waals surface area contributed by atoms with Gasteiger partial charge in [0.1, 0.15) is 11.5 Å². The van der Waals surface area contributed by atoms with Crippen LogP contribution in [-0.2, 0) is 9.59 Å². The number of anilines is 2. The van der Waals surface area contributed by atoms with Gasteiger partial charge in [0.2, 0.25) is 5.91 Å². The number of nitrogens with one attached hydrogen (secondary N) is 2. The van der Waals surface area contributed by atoms with Gasteiger partial charge in [-0.1, -0.05) is 17.7 Å². The molecule has 0 bridgehead atoms. The van der Waals surface area contributed by atoms with Crippen molar-refractivity contribution in [3.8, 4) is 11.5 Å². The summed E-state index contributed by atoms with van der Waals surface area (Å²) in [5, 5.41) is 5.37. The molecule has 6 nitrogen and oxygen atoms in total. The fourth-order valence-corrected chi connectivity index (χ4v) is 2.06. The third kappa shape index (κ3) is 5.01. The van der Waals surface area contributed by atoms with E-state index < -0.39 is 0 Å². The number of benzene rings is 2. The third-order valence-corrected chi connectivity index (χ3v) is 3.18. The molecule has 0 unspecified atom stereocenters. The standard InChI is InChI=1S/C18H20N2O4/c1-12-4-7-15(8-5-12)24-11-18(22)20-16-10-14(19-13(2)21)6-9-17(16)23-3/h4-10H,11H2,1-3H3,(H,19,21)(H,20,22). The van der Waals surface area contributed by atoms with Crippen LogP contribution < -0.4 is 20.1 Å². The number of ether oxygens (including phenoxy) is 2. The summed E-state index contributed by atoms with van der Waals surface area (Å²) in [5.74, 6) is 0.594. The van der Waals surface area contributed by atoms with Crippen LogP contribution in [0.15, 0.2) is 42.5 Å². The molecule has 0 fully saturated rings. The smallest absolute Gasteiger partial charge is 0.262 e. The zero-order valence-corrected chi connectivity index (χ0v) is 13.9. The zero-order chi connectivity index (χ0) is 17.5. The van der Waals surface area contributed by atoms with Crippen LogP contribution in [0.25, 0.3) is 0 Å². The topological polar surface area (TPSA) is 76.7 Å². The predicted octanol–water partition coefficient (Wildman–Crippen LogP) is 2.98. The Balaban J connectivity index is 2.01. The summed E-state index contributed by atoms with van der Waals surface area (Å²) in [4.78, 5) is 23.2. The number of rotatable bonds is 6. The summed E-state index contributed by atoms with van der Waals surface area (Å²) >= 11 is 0. The van der Waals surface area contributed by atoms with Crippen LogP contribution in [0.4, 0.5) is 11.4 Å². The van der Waals surface area contributed by atoms with Gasteiger partial charge in [0.05, 0.1) is 12.8 Å². The largest absolute Gasteiger partial charge is 0.495 e. The van der Waals surface area contributed by atoms with Gasteiger partial charge in [0.25, 0.3) is 5.91 Å². The highest BCUT2D eigenvalue weighted by Crippen LogP contribution is 2.27. The van der Waals surface area contributed by atoms with Crippen molar-refractivity contribution in [3.63, 3.8) is 0 Å². The highest BCUT2D eigenvalue weighted by atomic mass is 16.5. The van der Waals surface area contributed by atoms with Crippen molar-refractivity contribution in [2.75, 3.05) is 24.4 Å². The Morgan fingerprint density at radius 2 is 1.75 bits per heavy atom. The fraction of sp³-hybridized carbons (Fsp3) is 0.222. The maximum Gasteiger partial charge on any atom is 0.262 e. The van der Waals surface area contributed by atoms with Crippen LogP contribution in [-0.4, -0.2) is 25.5 Å². The second-order valence-electron chi connectivity index (χ2n) is 5.25. The Hall–Kier alpha value is -3.02. The van der Waals surface area contributed by atoms with Gasteiger partial charge in [-0.15, -0.1) is 0 Å². The van der Waals surface area contributed by atoms with Crippen LogP contribution >= 0.6 is 0 Å². The van der Waals surface area contributed by atoms with Gasteiger partial charge in [0.15, 0.2) is 6.61 Å².